The third kappa shape index (κ3) is 4.87. The van der Waals surface area contributed by atoms with Crippen LogP contribution in [-0.4, -0.2) is 48.4 Å². The van der Waals surface area contributed by atoms with Gasteiger partial charge in [-0.2, -0.15) is 13.2 Å². The lowest BCUT2D eigenvalue weighted by Crippen LogP contribution is -2.43. The van der Waals surface area contributed by atoms with Crippen LogP contribution in [0.3, 0.4) is 0 Å². The van der Waals surface area contributed by atoms with Gasteiger partial charge in [0, 0.05) is 16.7 Å². The van der Waals surface area contributed by atoms with Crippen molar-refractivity contribution in [2.45, 2.75) is 51.7 Å². The molecule has 1 fully saturated rings. The van der Waals surface area contributed by atoms with Crippen molar-refractivity contribution < 1.29 is 37.5 Å². The van der Waals surface area contributed by atoms with E-state index in [1.54, 1.807) is 13.8 Å². The van der Waals surface area contributed by atoms with E-state index in [0.717, 1.165) is 11.3 Å². The van der Waals surface area contributed by atoms with E-state index in [0.29, 0.717) is 0 Å². The normalized spacial score (nSPS) is 20.2. The Bertz CT molecular complexity index is 714. The zero-order valence-electron chi connectivity index (χ0n) is 15.8. The Hall–Kier alpha value is -1.59. The maximum Gasteiger partial charge on any atom is 0.499 e. The monoisotopic (exact) mass is 421 g/mol. The molecule has 1 aliphatic carbocycles. The van der Waals surface area contributed by atoms with Crippen molar-refractivity contribution >= 4 is 40.8 Å². The van der Waals surface area contributed by atoms with Gasteiger partial charge in [0.1, 0.15) is 4.88 Å². The van der Waals surface area contributed by atoms with Crippen molar-refractivity contribution in [1.82, 2.24) is 0 Å². The summed E-state index contributed by atoms with van der Waals surface area (Å²) in [6.07, 6.45) is -4.26. The molecule has 1 aromatic rings. The number of halogens is 3. The molecule has 1 heterocycles. The van der Waals surface area contributed by atoms with E-state index in [4.69, 9.17) is 4.74 Å². The Labute approximate surface area is 165 Å². The highest BCUT2D eigenvalue weighted by Gasteiger charge is 2.43. The van der Waals surface area contributed by atoms with Crippen LogP contribution in [0.4, 0.5) is 18.9 Å². The fraction of sp³-hybridized carbons (Fsp3) is 0.647. The van der Waals surface area contributed by atoms with Crippen LogP contribution in [0.2, 0.25) is 0 Å². The molecule has 0 aliphatic heterocycles. The second-order valence-electron chi connectivity index (χ2n) is 7.12. The van der Waals surface area contributed by atoms with E-state index in [9.17, 15) is 32.8 Å². The van der Waals surface area contributed by atoms with Crippen molar-refractivity contribution in [2.75, 3.05) is 12.0 Å². The predicted molar refractivity (Wildman–Crippen MR) is 99.6 cm³/mol. The molecule has 6 nitrogen and oxygen atoms in total. The zero-order chi connectivity index (χ0) is 21.2. The fourth-order valence-electron chi connectivity index (χ4n) is 3.46. The number of esters is 1. The van der Waals surface area contributed by atoms with Crippen LogP contribution in [0.15, 0.2) is 6.07 Å². The minimum atomic E-state index is -4.26. The van der Waals surface area contributed by atoms with Gasteiger partial charge < -0.3 is 19.7 Å². The molecule has 0 atom stereocenters. The summed E-state index contributed by atoms with van der Waals surface area (Å²) >= 11 is 0.797. The molecular formula is C17H23BF3NO5S. The molecule has 2 N–H and O–H groups in total. The maximum absolute atomic E-state index is 13.1. The Morgan fingerprint density at radius 2 is 1.82 bits per heavy atom. The lowest BCUT2D eigenvalue weighted by atomic mass is 9.80. The van der Waals surface area contributed by atoms with Gasteiger partial charge in [-0.25, -0.2) is 4.79 Å². The van der Waals surface area contributed by atoms with E-state index in [2.05, 4.69) is 0 Å². The number of hydrogen-bond acceptors (Lipinski definition) is 6. The lowest BCUT2D eigenvalue weighted by molar-refractivity contribution is -0.184. The van der Waals surface area contributed by atoms with Gasteiger partial charge in [-0.15, -0.1) is 11.3 Å². The summed E-state index contributed by atoms with van der Waals surface area (Å²) in [5, 5.41) is 18.9. The number of amides is 1. The number of anilines is 1. The molecule has 0 bridgehead atoms. The molecule has 1 aliphatic rings. The molecule has 28 heavy (non-hydrogen) atoms. The summed E-state index contributed by atoms with van der Waals surface area (Å²) in [5.74, 6) is -3.09. The van der Waals surface area contributed by atoms with Gasteiger partial charge in [-0.3, -0.25) is 4.79 Å². The van der Waals surface area contributed by atoms with E-state index in [1.807, 2.05) is 0 Å². The van der Waals surface area contributed by atoms with Gasteiger partial charge in [0.25, 0.3) is 0 Å². The molecule has 0 aromatic carbocycles. The number of alkyl halides is 3. The van der Waals surface area contributed by atoms with E-state index >= 15 is 0 Å². The highest BCUT2D eigenvalue weighted by atomic mass is 32.1. The summed E-state index contributed by atoms with van der Waals surface area (Å²) < 4.78 is 43.4. The quantitative estimate of drug-likeness (QED) is 0.563. The Kier molecular flexibility index (Phi) is 7.16. The van der Waals surface area contributed by atoms with Crippen LogP contribution in [0, 0.1) is 11.8 Å². The number of methoxy groups -OCH3 is 1. The first-order chi connectivity index (χ1) is 13.0. The molecule has 0 spiro atoms. The number of hydrogen-bond donors (Lipinski definition) is 2. The fourth-order valence-corrected chi connectivity index (χ4v) is 4.40. The largest absolute Gasteiger partial charge is 0.499 e. The van der Waals surface area contributed by atoms with Gasteiger partial charge in [0.2, 0.25) is 5.91 Å². The minimum absolute atomic E-state index is 0.0385. The van der Waals surface area contributed by atoms with Crippen molar-refractivity contribution in [3.05, 3.63) is 10.9 Å². The standard InChI is InChI=1S/C17H23BF3NO5S/c1-9(2)22(12-8-13(18(25)26)28-14(12)16(24)27-3)15(23)10-4-6-11(7-5-10)17(19,20)21/h8-11,25-26H,4-7H2,1-3H3/t10-,11-. The first-order valence-electron chi connectivity index (χ1n) is 8.95. The van der Waals surface area contributed by atoms with E-state index in [-0.39, 0.29) is 46.9 Å². The van der Waals surface area contributed by atoms with Gasteiger partial charge in [-0.05, 0) is 45.6 Å². The molecule has 156 valence electrons. The van der Waals surface area contributed by atoms with Crippen LogP contribution in [0.25, 0.3) is 0 Å². The second kappa shape index (κ2) is 8.83. The minimum Gasteiger partial charge on any atom is -0.465 e. The smallest absolute Gasteiger partial charge is 0.465 e. The molecule has 1 saturated carbocycles. The highest BCUT2D eigenvalue weighted by molar-refractivity contribution is 7.24. The lowest BCUT2D eigenvalue weighted by Gasteiger charge is -2.34. The van der Waals surface area contributed by atoms with Crippen LogP contribution < -0.4 is 9.68 Å². The highest BCUT2D eigenvalue weighted by Crippen LogP contribution is 2.41. The number of ether oxygens (including phenoxy) is 1. The topological polar surface area (TPSA) is 87.1 Å². The molecule has 0 radical (unpaired) electrons. The SMILES string of the molecule is COC(=O)c1sc(B(O)O)cc1N(C(=O)[C@H]1CC[C@H](C(F)(F)F)CC1)C(C)C. The van der Waals surface area contributed by atoms with Crippen LogP contribution in [0.1, 0.15) is 49.2 Å². The second-order valence-corrected chi connectivity index (χ2v) is 8.20. The van der Waals surface area contributed by atoms with Crippen molar-refractivity contribution in [1.29, 1.82) is 0 Å². The Morgan fingerprint density at radius 1 is 1.25 bits per heavy atom. The summed E-state index contributed by atoms with van der Waals surface area (Å²) in [7, 11) is -0.658. The molecular weight excluding hydrogens is 398 g/mol. The summed E-state index contributed by atoms with van der Waals surface area (Å²) in [6, 6.07) is 0.940. The first kappa shape index (κ1) is 22.7. The van der Waals surface area contributed by atoms with Crippen LogP contribution in [-0.2, 0) is 9.53 Å². The number of carbonyl (C=O) groups excluding carboxylic acids is 2. The molecule has 11 heteroatoms. The third-order valence-corrected chi connectivity index (χ3v) is 6.05. The summed E-state index contributed by atoms with van der Waals surface area (Å²) in [5.41, 5.74) is 0.179. The average Bonchev–Trinajstić information content (AvgIpc) is 3.05. The van der Waals surface area contributed by atoms with Gasteiger partial charge in [-0.1, -0.05) is 0 Å². The third-order valence-electron chi connectivity index (χ3n) is 4.91. The van der Waals surface area contributed by atoms with Gasteiger partial charge in [0.05, 0.1) is 18.7 Å². The summed E-state index contributed by atoms with van der Waals surface area (Å²) in [6.45, 7) is 3.43. The predicted octanol–water partition coefficient (Wildman–Crippen LogP) is 2.32. The van der Waals surface area contributed by atoms with Crippen molar-refractivity contribution in [3.8, 4) is 0 Å². The van der Waals surface area contributed by atoms with Gasteiger partial charge in [0.15, 0.2) is 0 Å². The molecule has 2 rings (SSSR count). The molecule has 1 amide bonds. The maximum atomic E-state index is 13.1. The summed E-state index contributed by atoms with van der Waals surface area (Å²) in [4.78, 5) is 26.6. The molecule has 0 unspecified atom stereocenters. The Balaban J connectivity index is 2.31. The zero-order valence-corrected chi connectivity index (χ0v) is 16.6. The Morgan fingerprint density at radius 3 is 2.25 bits per heavy atom. The van der Waals surface area contributed by atoms with Crippen molar-refractivity contribution in [3.63, 3.8) is 0 Å². The first-order valence-corrected chi connectivity index (χ1v) is 9.77. The number of carbonyl (C=O) groups is 2. The average molecular weight is 421 g/mol. The number of nitrogens with zero attached hydrogens (tertiary/aromatic N) is 1. The molecule has 0 saturated heterocycles. The van der Waals surface area contributed by atoms with E-state index in [1.165, 1.54) is 18.1 Å². The number of thiophene rings is 1. The van der Waals surface area contributed by atoms with Crippen LogP contribution in [0.5, 0.6) is 0 Å². The number of rotatable bonds is 5. The van der Waals surface area contributed by atoms with E-state index < -0.39 is 37.1 Å². The molecule has 1 aromatic heterocycles. The van der Waals surface area contributed by atoms with Crippen LogP contribution >= 0.6 is 11.3 Å². The van der Waals surface area contributed by atoms with Gasteiger partial charge >= 0.3 is 19.3 Å². The van der Waals surface area contributed by atoms with Crippen molar-refractivity contribution in [2.24, 2.45) is 11.8 Å².